The zero-order valence-electron chi connectivity index (χ0n) is 12.5. The molecular weight excluding hydrogens is 315 g/mol. The van der Waals surface area contributed by atoms with Gasteiger partial charge in [-0.3, -0.25) is 0 Å². The number of hydrogen-bond acceptors (Lipinski definition) is 5. The number of ether oxygens (including phenoxy) is 1. The van der Waals surface area contributed by atoms with E-state index in [2.05, 4.69) is 15.5 Å². The molecule has 0 saturated heterocycles. The SMILES string of the molecule is Cc1ccc(-n2nnnc2SCCOc2ccc(F)cc2)cc1. The molecule has 0 amide bonds. The highest BCUT2D eigenvalue weighted by Gasteiger charge is 2.08. The molecule has 0 spiro atoms. The van der Waals surface area contributed by atoms with Gasteiger partial charge in [0, 0.05) is 5.75 Å². The van der Waals surface area contributed by atoms with E-state index >= 15 is 0 Å². The number of hydrogen-bond donors (Lipinski definition) is 0. The quantitative estimate of drug-likeness (QED) is 0.513. The zero-order valence-corrected chi connectivity index (χ0v) is 13.3. The third kappa shape index (κ3) is 4.07. The minimum Gasteiger partial charge on any atom is -0.493 e. The predicted octanol–water partition coefficient (Wildman–Crippen LogP) is 3.28. The molecule has 0 N–H and O–H groups in total. The van der Waals surface area contributed by atoms with E-state index in [1.807, 2.05) is 31.2 Å². The van der Waals surface area contributed by atoms with E-state index in [0.717, 1.165) is 5.69 Å². The summed E-state index contributed by atoms with van der Waals surface area (Å²) in [4.78, 5) is 0. The van der Waals surface area contributed by atoms with Crippen molar-refractivity contribution in [3.63, 3.8) is 0 Å². The van der Waals surface area contributed by atoms with Crippen LogP contribution in [-0.4, -0.2) is 32.6 Å². The van der Waals surface area contributed by atoms with Crippen LogP contribution in [-0.2, 0) is 0 Å². The molecule has 3 aromatic rings. The molecule has 0 unspecified atom stereocenters. The lowest BCUT2D eigenvalue weighted by atomic mass is 10.2. The normalized spacial score (nSPS) is 10.7. The Hall–Kier alpha value is -2.41. The molecular formula is C16H15FN4OS. The van der Waals surface area contributed by atoms with E-state index in [1.54, 1.807) is 16.8 Å². The molecule has 0 aliphatic rings. The Morgan fingerprint density at radius 3 is 2.57 bits per heavy atom. The summed E-state index contributed by atoms with van der Waals surface area (Å²) in [6.45, 7) is 2.52. The number of thioether (sulfide) groups is 1. The van der Waals surface area contributed by atoms with Crippen molar-refractivity contribution in [2.45, 2.75) is 12.1 Å². The Labute approximate surface area is 137 Å². The van der Waals surface area contributed by atoms with Gasteiger partial charge in [-0.25, -0.2) is 4.39 Å². The molecule has 118 valence electrons. The third-order valence-corrected chi connectivity index (χ3v) is 4.00. The highest BCUT2D eigenvalue weighted by atomic mass is 32.2. The molecule has 0 aliphatic carbocycles. The summed E-state index contributed by atoms with van der Waals surface area (Å²) < 4.78 is 20.1. The minimum atomic E-state index is -0.274. The summed E-state index contributed by atoms with van der Waals surface area (Å²) in [5.74, 6) is 1.05. The number of benzene rings is 2. The van der Waals surface area contributed by atoms with Crippen molar-refractivity contribution in [3.05, 3.63) is 59.9 Å². The second-order valence-electron chi connectivity index (χ2n) is 4.86. The highest BCUT2D eigenvalue weighted by molar-refractivity contribution is 7.99. The second kappa shape index (κ2) is 7.23. The first-order valence-electron chi connectivity index (χ1n) is 7.09. The number of halogens is 1. The molecule has 3 rings (SSSR count). The lowest BCUT2D eigenvalue weighted by Gasteiger charge is -2.06. The fraction of sp³-hybridized carbons (Fsp3) is 0.188. The van der Waals surface area contributed by atoms with Crippen LogP contribution in [0.25, 0.3) is 5.69 Å². The van der Waals surface area contributed by atoms with Gasteiger partial charge in [0.1, 0.15) is 11.6 Å². The average molecular weight is 330 g/mol. The Balaban J connectivity index is 1.56. The maximum Gasteiger partial charge on any atom is 0.214 e. The fourth-order valence-corrected chi connectivity index (χ4v) is 2.65. The molecule has 0 bridgehead atoms. The first-order chi connectivity index (χ1) is 11.2. The van der Waals surface area contributed by atoms with Gasteiger partial charge in [-0.2, -0.15) is 4.68 Å². The van der Waals surface area contributed by atoms with Gasteiger partial charge in [0.2, 0.25) is 5.16 Å². The van der Waals surface area contributed by atoms with Crippen LogP contribution in [0.5, 0.6) is 5.75 Å². The average Bonchev–Trinajstić information content (AvgIpc) is 3.02. The van der Waals surface area contributed by atoms with Gasteiger partial charge in [-0.15, -0.1) is 5.10 Å². The maximum atomic E-state index is 12.8. The topological polar surface area (TPSA) is 52.8 Å². The van der Waals surface area contributed by atoms with Gasteiger partial charge < -0.3 is 4.74 Å². The molecule has 2 aromatic carbocycles. The monoisotopic (exact) mass is 330 g/mol. The molecule has 5 nitrogen and oxygen atoms in total. The van der Waals surface area contributed by atoms with Crippen LogP contribution in [0.2, 0.25) is 0 Å². The molecule has 7 heteroatoms. The first-order valence-corrected chi connectivity index (χ1v) is 8.07. The standard InChI is InChI=1S/C16H15FN4OS/c1-12-2-6-14(7-3-12)21-16(18-19-20-21)23-11-10-22-15-8-4-13(17)5-9-15/h2-9H,10-11H2,1H3. The second-order valence-corrected chi connectivity index (χ2v) is 5.92. The van der Waals surface area contributed by atoms with Crippen LogP contribution < -0.4 is 4.74 Å². The summed E-state index contributed by atoms with van der Waals surface area (Å²) >= 11 is 1.50. The molecule has 0 radical (unpaired) electrons. The lowest BCUT2D eigenvalue weighted by Crippen LogP contribution is -2.03. The zero-order chi connectivity index (χ0) is 16.1. The van der Waals surface area contributed by atoms with Gasteiger partial charge in [0.25, 0.3) is 0 Å². The Morgan fingerprint density at radius 1 is 1.09 bits per heavy atom. The largest absolute Gasteiger partial charge is 0.493 e. The smallest absolute Gasteiger partial charge is 0.214 e. The van der Waals surface area contributed by atoms with Crippen molar-refractivity contribution < 1.29 is 9.13 Å². The minimum absolute atomic E-state index is 0.274. The van der Waals surface area contributed by atoms with Gasteiger partial charge in [0.05, 0.1) is 12.3 Å². The summed E-state index contributed by atoms with van der Waals surface area (Å²) in [5, 5.41) is 12.5. The lowest BCUT2D eigenvalue weighted by molar-refractivity contribution is 0.343. The van der Waals surface area contributed by atoms with Crippen molar-refractivity contribution in [2.75, 3.05) is 12.4 Å². The molecule has 0 fully saturated rings. The van der Waals surface area contributed by atoms with Gasteiger partial charge >= 0.3 is 0 Å². The van der Waals surface area contributed by atoms with Crippen molar-refractivity contribution in [2.24, 2.45) is 0 Å². The van der Waals surface area contributed by atoms with Gasteiger partial charge in [0.15, 0.2) is 0 Å². The summed E-state index contributed by atoms with van der Waals surface area (Å²) in [6.07, 6.45) is 0. The van der Waals surface area contributed by atoms with Crippen LogP contribution in [0, 0.1) is 12.7 Å². The van der Waals surface area contributed by atoms with Crippen LogP contribution in [0.1, 0.15) is 5.56 Å². The molecule has 23 heavy (non-hydrogen) atoms. The van der Waals surface area contributed by atoms with Gasteiger partial charge in [-0.1, -0.05) is 29.5 Å². The van der Waals surface area contributed by atoms with E-state index in [1.165, 1.54) is 29.5 Å². The molecule has 0 saturated carbocycles. The van der Waals surface area contributed by atoms with Crippen LogP contribution in [0.4, 0.5) is 4.39 Å². The highest BCUT2D eigenvalue weighted by Crippen LogP contribution is 2.19. The predicted molar refractivity (Wildman–Crippen MR) is 86.5 cm³/mol. The molecule has 0 atom stereocenters. The molecule has 0 aliphatic heterocycles. The number of tetrazole rings is 1. The summed E-state index contributed by atoms with van der Waals surface area (Å²) in [7, 11) is 0. The van der Waals surface area contributed by atoms with Crippen molar-refractivity contribution >= 4 is 11.8 Å². The Kier molecular flexibility index (Phi) is 4.87. The van der Waals surface area contributed by atoms with E-state index in [9.17, 15) is 4.39 Å². The van der Waals surface area contributed by atoms with Crippen LogP contribution >= 0.6 is 11.8 Å². The summed E-state index contributed by atoms with van der Waals surface area (Å²) in [6, 6.07) is 14.0. The Morgan fingerprint density at radius 2 is 1.83 bits per heavy atom. The van der Waals surface area contributed by atoms with E-state index < -0.39 is 0 Å². The van der Waals surface area contributed by atoms with E-state index in [-0.39, 0.29) is 5.82 Å². The number of aromatic nitrogens is 4. The fourth-order valence-electron chi connectivity index (χ4n) is 1.94. The number of aryl methyl sites for hydroxylation is 1. The van der Waals surface area contributed by atoms with Crippen molar-refractivity contribution in [1.29, 1.82) is 0 Å². The Bertz CT molecular complexity index is 759. The molecule has 1 heterocycles. The number of nitrogens with zero attached hydrogens (tertiary/aromatic N) is 4. The van der Waals surface area contributed by atoms with Crippen LogP contribution in [0.3, 0.4) is 0 Å². The van der Waals surface area contributed by atoms with E-state index in [0.29, 0.717) is 23.3 Å². The van der Waals surface area contributed by atoms with Gasteiger partial charge in [-0.05, 0) is 53.7 Å². The van der Waals surface area contributed by atoms with Crippen LogP contribution in [0.15, 0.2) is 53.7 Å². The molecule has 1 aromatic heterocycles. The number of rotatable bonds is 6. The van der Waals surface area contributed by atoms with Crippen molar-refractivity contribution in [3.8, 4) is 11.4 Å². The maximum absolute atomic E-state index is 12.8. The summed E-state index contributed by atoms with van der Waals surface area (Å²) in [5.41, 5.74) is 2.10. The van der Waals surface area contributed by atoms with Crippen molar-refractivity contribution in [1.82, 2.24) is 20.2 Å². The van der Waals surface area contributed by atoms with E-state index in [4.69, 9.17) is 4.74 Å². The first kappa shape index (κ1) is 15.5. The third-order valence-electron chi connectivity index (χ3n) is 3.12.